The number of nitrogens with two attached hydrogens (primary N) is 1. The molecule has 7 heteroatoms. The van der Waals surface area contributed by atoms with Gasteiger partial charge in [0.25, 0.3) is 0 Å². The summed E-state index contributed by atoms with van der Waals surface area (Å²) in [6, 6.07) is 5.50. The van der Waals surface area contributed by atoms with E-state index >= 15 is 0 Å². The second kappa shape index (κ2) is 9.21. The van der Waals surface area contributed by atoms with E-state index in [1.54, 1.807) is 39.0 Å². The Bertz CT molecular complexity index is 789. The van der Waals surface area contributed by atoms with Gasteiger partial charge < -0.3 is 15.6 Å². The average molecular weight is 402 g/mol. The van der Waals surface area contributed by atoms with Crippen LogP contribution < -0.4 is 5.73 Å². The number of aryl methyl sites for hydroxylation is 2. The minimum Gasteiger partial charge on any atom is -0.507 e. The minimum atomic E-state index is -0.840. The first-order valence-corrected chi connectivity index (χ1v) is 8.33. The number of halogens is 3. The number of ether oxygens (including phenoxy) is 1. The van der Waals surface area contributed by atoms with Gasteiger partial charge in [-0.05, 0) is 61.7 Å². The second-order valence-electron chi connectivity index (χ2n) is 5.93. The van der Waals surface area contributed by atoms with Gasteiger partial charge in [0.1, 0.15) is 11.6 Å². The molecule has 0 aromatic heterocycles. The molecule has 4 nitrogen and oxygen atoms in total. The van der Waals surface area contributed by atoms with E-state index in [4.69, 9.17) is 22.1 Å². The van der Waals surface area contributed by atoms with Crippen LogP contribution in [0.15, 0.2) is 24.3 Å². The highest BCUT2D eigenvalue weighted by Crippen LogP contribution is 2.37. The van der Waals surface area contributed by atoms with Crippen molar-refractivity contribution in [2.24, 2.45) is 5.73 Å². The van der Waals surface area contributed by atoms with Crippen LogP contribution in [0.1, 0.15) is 36.1 Å². The van der Waals surface area contributed by atoms with Gasteiger partial charge in [-0.15, -0.1) is 12.4 Å². The summed E-state index contributed by atoms with van der Waals surface area (Å²) in [7, 11) is 0. The van der Waals surface area contributed by atoms with Gasteiger partial charge in [-0.2, -0.15) is 0 Å². The molecule has 0 saturated carbocycles. The molecule has 0 spiro atoms. The van der Waals surface area contributed by atoms with Crippen LogP contribution in [-0.4, -0.2) is 17.7 Å². The zero-order valence-corrected chi connectivity index (χ0v) is 16.4. The third-order valence-electron chi connectivity index (χ3n) is 3.94. The van der Waals surface area contributed by atoms with Gasteiger partial charge in [-0.3, -0.25) is 4.79 Å². The minimum absolute atomic E-state index is 0. The van der Waals surface area contributed by atoms with Gasteiger partial charge in [0.15, 0.2) is 0 Å². The predicted octanol–water partition coefficient (Wildman–Crippen LogP) is 4.84. The molecule has 0 heterocycles. The number of rotatable bonds is 5. The molecule has 0 aliphatic rings. The van der Waals surface area contributed by atoms with Crippen molar-refractivity contribution in [2.45, 2.75) is 33.2 Å². The molecule has 2 aromatic rings. The summed E-state index contributed by atoms with van der Waals surface area (Å²) in [4.78, 5) is 11.6. The van der Waals surface area contributed by atoms with Gasteiger partial charge in [-0.25, -0.2) is 4.39 Å². The van der Waals surface area contributed by atoms with Crippen LogP contribution in [0.4, 0.5) is 4.39 Å². The zero-order valence-electron chi connectivity index (χ0n) is 14.8. The van der Waals surface area contributed by atoms with E-state index in [1.807, 2.05) is 0 Å². The van der Waals surface area contributed by atoms with Crippen molar-refractivity contribution in [3.63, 3.8) is 0 Å². The molecule has 142 valence electrons. The zero-order chi connectivity index (χ0) is 18.7. The third-order valence-corrected chi connectivity index (χ3v) is 4.16. The first-order valence-electron chi connectivity index (χ1n) is 7.95. The molecule has 0 radical (unpaired) electrons. The van der Waals surface area contributed by atoms with Crippen LogP contribution in [0, 0.1) is 19.7 Å². The third kappa shape index (κ3) is 4.87. The second-order valence-corrected chi connectivity index (χ2v) is 6.37. The van der Waals surface area contributed by atoms with Crippen LogP contribution in [-0.2, 0) is 9.53 Å². The summed E-state index contributed by atoms with van der Waals surface area (Å²) in [5.74, 6) is -0.949. The topological polar surface area (TPSA) is 72.5 Å². The van der Waals surface area contributed by atoms with E-state index in [-0.39, 0.29) is 36.7 Å². The first kappa shape index (κ1) is 22.2. The highest BCUT2D eigenvalue weighted by atomic mass is 35.5. The summed E-state index contributed by atoms with van der Waals surface area (Å²) in [6.07, 6.45) is -0.126. The molecule has 0 aliphatic heterocycles. The Balaban J connectivity index is 0.00000338. The van der Waals surface area contributed by atoms with Crippen molar-refractivity contribution in [3.8, 4) is 16.9 Å². The molecule has 3 N–H and O–H groups in total. The van der Waals surface area contributed by atoms with Crippen LogP contribution in [0.2, 0.25) is 5.02 Å². The van der Waals surface area contributed by atoms with Gasteiger partial charge in [0.2, 0.25) is 0 Å². The lowest BCUT2D eigenvalue weighted by atomic mass is 9.92. The predicted molar refractivity (Wildman–Crippen MR) is 103 cm³/mol. The number of esters is 1. The summed E-state index contributed by atoms with van der Waals surface area (Å²) < 4.78 is 19.4. The Kier molecular flexibility index (Phi) is 7.87. The van der Waals surface area contributed by atoms with Crippen molar-refractivity contribution in [3.05, 3.63) is 51.8 Å². The van der Waals surface area contributed by atoms with E-state index in [0.29, 0.717) is 21.7 Å². The number of aromatic hydroxyl groups is 1. The molecule has 0 amide bonds. The van der Waals surface area contributed by atoms with Crippen molar-refractivity contribution >= 4 is 30.0 Å². The highest BCUT2D eigenvalue weighted by molar-refractivity contribution is 6.31. The van der Waals surface area contributed by atoms with E-state index in [2.05, 4.69) is 0 Å². The van der Waals surface area contributed by atoms with Crippen molar-refractivity contribution in [2.75, 3.05) is 6.61 Å². The molecule has 0 saturated heterocycles. The molecule has 0 bridgehead atoms. The lowest BCUT2D eigenvalue weighted by molar-refractivity contribution is -0.143. The normalized spacial score (nSPS) is 11.6. The van der Waals surface area contributed by atoms with Gasteiger partial charge >= 0.3 is 5.97 Å². The molecular formula is C19H22Cl2FNO3. The number of carbonyl (C=O) groups excluding carboxylic acids is 1. The number of benzene rings is 2. The summed E-state index contributed by atoms with van der Waals surface area (Å²) in [6.45, 7) is 5.35. The fourth-order valence-corrected chi connectivity index (χ4v) is 3.09. The highest BCUT2D eigenvalue weighted by Gasteiger charge is 2.20. The largest absolute Gasteiger partial charge is 0.507 e. The van der Waals surface area contributed by atoms with Gasteiger partial charge in [0, 0.05) is 22.2 Å². The van der Waals surface area contributed by atoms with Crippen LogP contribution in [0.5, 0.6) is 5.75 Å². The Morgan fingerprint density at radius 2 is 1.92 bits per heavy atom. The smallest absolute Gasteiger partial charge is 0.307 e. The lowest BCUT2D eigenvalue weighted by Gasteiger charge is -2.17. The Labute approximate surface area is 163 Å². The molecule has 2 rings (SSSR count). The maximum Gasteiger partial charge on any atom is 0.307 e. The average Bonchev–Trinajstić information content (AvgIpc) is 2.49. The monoisotopic (exact) mass is 401 g/mol. The SMILES string of the molecule is CCOC(=O)C[C@H](N)c1cc(-c2c(C)cc(Cl)cc2O)cc(C)c1F.Cl. The fraction of sp³-hybridized carbons (Fsp3) is 0.316. The number of carbonyl (C=O) groups is 1. The van der Waals surface area contributed by atoms with E-state index in [0.717, 1.165) is 5.56 Å². The molecule has 0 aliphatic carbocycles. The maximum atomic E-state index is 14.5. The van der Waals surface area contributed by atoms with Crippen LogP contribution in [0.25, 0.3) is 11.1 Å². The number of phenols is 1. The summed E-state index contributed by atoms with van der Waals surface area (Å²) in [5.41, 5.74) is 8.51. The van der Waals surface area contributed by atoms with Crippen molar-refractivity contribution < 1.29 is 19.0 Å². The summed E-state index contributed by atoms with van der Waals surface area (Å²) >= 11 is 5.94. The van der Waals surface area contributed by atoms with Crippen LogP contribution in [0.3, 0.4) is 0 Å². The number of hydrogen-bond donors (Lipinski definition) is 2. The Morgan fingerprint density at radius 3 is 2.50 bits per heavy atom. The van der Waals surface area contributed by atoms with E-state index in [9.17, 15) is 14.3 Å². The van der Waals surface area contributed by atoms with Gasteiger partial charge in [0.05, 0.1) is 13.0 Å². The Morgan fingerprint density at radius 1 is 1.27 bits per heavy atom. The van der Waals surface area contributed by atoms with Gasteiger partial charge in [-0.1, -0.05) is 11.6 Å². The van der Waals surface area contributed by atoms with E-state index < -0.39 is 17.8 Å². The van der Waals surface area contributed by atoms with Crippen molar-refractivity contribution in [1.29, 1.82) is 0 Å². The molecule has 0 unspecified atom stereocenters. The molecule has 0 fully saturated rings. The summed E-state index contributed by atoms with van der Waals surface area (Å²) in [5, 5.41) is 10.7. The maximum absolute atomic E-state index is 14.5. The standard InChI is InChI=1S/C19H21ClFNO3.ClH/c1-4-25-17(24)9-15(22)14-7-12(5-11(3)19(14)21)18-10(2)6-13(20)8-16(18)23;/h5-8,15,23H,4,9,22H2,1-3H3;1H/t15-;/m0./s1. The molecule has 26 heavy (non-hydrogen) atoms. The molecule has 2 aromatic carbocycles. The fourth-order valence-electron chi connectivity index (χ4n) is 2.82. The molecule has 1 atom stereocenters. The Hall–Kier alpha value is -1.82. The quantitative estimate of drug-likeness (QED) is 0.702. The van der Waals surface area contributed by atoms with E-state index in [1.165, 1.54) is 6.07 Å². The number of phenolic OH excluding ortho intramolecular Hbond substituents is 1. The van der Waals surface area contributed by atoms with Crippen LogP contribution >= 0.6 is 24.0 Å². The van der Waals surface area contributed by atoms with Crippen molar-refractivity contribution in [1.82, 2.24) is 0 Å². The first-order chi connectivity index (χ1) is 11.7. The lowest BCUT2D eigenvalue weighted by Crippen LogP contribution is -2.19. The molecular weight excluding hydrogens is 380 g/mol. The number of hydrogen-bond acceptors (Lipinski definition) is 4.